The number of carbonyl (C=O) groups excluding carboxylic acids is 1. The smallest absolute Gasteiger partial charge is 0.410 e. The van der Waals surface area contributed by atoms with E-state index in [9.17, 15) is 4.79 Å². The zero-order valence-electron chi connectivity index (χ0n) is 16.4. The number of hydrogen-bond acceptors (Lipinski definition) is 5. The number of benzene rings is 2. The molecule has 2 fully saturated rings. The van der Waals surface area contributed by atoms with E-state index in [1.807, 2.05) is 39.9 Å². The van der Waals surface area contributed by atoms with Crippen molar-refractivity contribution in [3.05, 3.63) is 71.8 Å². The number of aromatic nitrogens is 3. The Morgan fingerprint density at radius 3 is 2.83 bits per heavy atom. The predicted octanol–water partition coefficient (Wildman–Crippen LogP) is 2.81. The zero-order chi connectivity index (χ0) is 19.8. The van der Waals surface area contributed by atoms with E-state index in [2.05, 4.69) is 40.1 Å². The highest BCUT2D eigenvalue weighted by atomic mass is 16.6. The molecule has 0 N–H and O–H groups in total. The summed E-state index contributed by atoms with van der Waals surface area (Å²) in [5.74, 6) is 0.796. The Balaban J connectivity index is 1.34. The molecule has 1 aromatic heterocycles. The molecule has 1 unspecified atom stereocenters. The van der Waals surface area contributed by atoms with Gasteiger partial charge in [0.1, 0.15) is 12.9 Å². The van der Waals surface area contributed by atoms with Crippen LogP contribution in [0.2, 0.25) is 0 Å². The number of aryl methyl sites for hydroxylation is 1. The quantitative estimate of drug-likeness (QED) is 0.687. The van der Waals surface area contributed by atoms with E-state index < -0.39 is 0 Å². The van der Waals surface area contributed by atoms with Crippen molar-refractivity contribution in [1.29, 1.82) is 0 Å². The van der Waals surface area contributed by atoms with Gasteiger partial charge in [0.05, 0.1) is 11.7 Å². The summed E-state index contributed by atoms with van der Waals surface area (Å²) < 4.78 is 7.00. The van der Waals surface area contributed by atoms with Crippen LogP contribution in [0.4, 0.5) is 10.5 Å². The molecule has 7 nitrogen and oxygen atoms in total. The van der Waals surface area contributed by atoms with E-state index >= 15 is 0 Å². The van der Waals surface area contributed by atoms with Crippen molar-refractivity contribution in [3.8, 4) is 5.69 Å². The molecule has 0 bridgehead atoms. The SMILES string of the molecule is Cc1cc(Cc2ncn(-c3ccccc3)n2)cc(N2CCN3C(=O)OCC3C2)c1. The molecule has 2 aliphatic heterocycles. The molecule has 5 rings (SSSR count). The number of cyclic esters (lactones) is 1. The fourth-order valence-electron chi connectivity index (χ4n) is 4.11. The molecule has 148 valence electrons. The van der Waals surface area contributed by atoms with Crippen molar-refractivity contribution >= 4 is 11.8 Å². The molecule has 29 heavy (non-hydrogen) atoms. The largest absolute Gasteiger partial charge is 0.447 e. The Labute approximate surface area is 169 Å². The maximum absolute atomic E-state index is 11.7. The Bertz CT molecular complexity index is 1030. The first-order chi connectivity index (χ1) is 14.2. The molecule has 3 heterocycles. The summed E-state index contributed by atoms with van der Waals surface area (Å²) in [6.45, 7) is 4.91. The molecule has 2 saturated heterocycles. The van der Waals surface area contributed by atoms with Gasteiger partial charge >= 0.3 is 6.09 Å². The number of para-hydroxylation sites is 1. The third-order valence-electron chi connectivity index (χ3n) is 5.53. The second-order valence-corrected chi connectivity index (χ2v) is 7.66. The lowest BCUT2D eigenvalue weighted by Gasteiger charge is -2.37. The lowest BCUT2D eigenvalue weighted by Crippen LogP contribution is -2.52. The van der Waals surface area contributed by atoms with Crippen molar-refractivity contribution < 1.29 is 9.53 Å². The fourth-order valence-corrected chi connectivity index (χ4v) is 4.11. The highest BCUT2D eigenvalue weighted by molar-refractivity contribution is 5.71. The lowest BCUT2D eigenvalue weighted by molar-refractivity contribution is 0.157. The van der Waals surface area contributed by atoms with E-state index in [1.165, 1.54) is 16.8 Å². The van der Waals surface area contributed by atoms with Crippen LogP contribution in [0.15, 0.2) is 54.9 Å². The number of hydrogen-bond donors (Lipinski definition) is 0. The van der Waals surface area contributed by atoms with Gasteiger partial charge in [-0.25, -0.2) is 14.5 Å². The van der Waals surface area contributed by atoms with Crippen LogP contribution in [-0.2, 0) is 11.2 Å². The average Bonchev–Trinajstić information content (AvgIpc) is 3.35. The van der Waals surface area contributed by atoms with Crippen LogP contribution in [0.3, 0.4) is 0 Å². The minimum atomic E-state index is -0.181. The van der Waals surface area contributed by atoms with Gasteiger partial charge in [-0.2, -0.15) is 5.10 Å². The van der Waals surface area contributed by atoms with Gasteiger partial charge in [0.2, 0.25) is 0 Å². The number of anilines is 1. The van der Waals surface area contributed by atoms with Crippen LogP contribution < -0.4 is 4.90 Å². The predicted molar refractivity (Wildman–Crippen MR) is 109 cm³/mol. The Morgan fingerprint density at radius 1 is 1.10 bits per heavy atom. The zero-order valence-corrected chi connectivity index (χ0v) is 16.4. The molecule has 0 spiro atoms. The molecule has 0 radical (unpaired) electrons. The van der Waals surface area contributed by atoms with Crippen molar-refractivity contribution in [2.75, 3.05) is 31.1 Å². The van der Waals surface area contributed by atoms with Gasteiger partial charge in [-0.3, -0.25) is 4.90 Å². The number of fused-ring (bicyclic) bond motifs is 1. The van der Waals surface area contributed by atoms with Gasteiger partial charge in [0, 0.05) is 31.7 Å². The summed E-state index contributed by atoms with van der Waals surface area (Å²) in [7, 11) is 0. The number of nitrogens with zero attached hydrogens (tertiary/aromatic N) is 5. The third kappa shape index (κ3) is 3.55. The van der Waals surface area contributed by atoms with Gasteiger partial charge in [0.15, 0.2) is 5.82 Å². The van der Waals surface area contributed by atoms with Crippen LogP contribution in [0, 0.1) is 6.92 Å². The van der Waals surface area contributed by atoms with Crippen LogP contribution in [0.1, 0.15) is 17.0 Å². The Kier molecular flexibility index (Phi) is 4.42. The summed E-state index contributed by atoms with van der Waals surface area (Å²) >= 11 is 0. The molecule has 1 amide bonds. The normalized spacial score (nSPS) is 18.7. The molecule has 1 atom stereocenters. The minimum absolute atomic E-state index is 0.142. The van der Waals surface area contributed by atoms with E-state index in [4.69, 9.17) is 4.74 Å². The maximum atomic E-state index is 11.7. The first kappa shape index (κ1) is 17.7. The molecule has 3 aromatic rings. The van der Waals surface area contributed by atoms with E-state index in [0.29, 0.717) is 19.6 Å². The summed E-state index contributed by atoms with van der Waals surface area (Å²) in [4.78, 5) is 20.4. The van der Waals surface area contributed by atoms with E-state index in [1.54, 1.807) is 6.33 Å². The van der Waals surface area contributed by atoms with Crippen LogP contribution >= 0.6 is 0 Å². The molecule has 2 aromatic carbocycles. The molecule has 0 aliphatic carbocycles. The number of carbonyl (C=O) groups is 1. The fraction of sp³-hybridized carbons (Fsp3) is 0.318. The van der Waals surface area contributed by atoms with E-state index in [-0.39, 0.29) is 12.1 Å². The van der Waals surface area contributed by atoms with Crippen molar-refractivity contribution in [1.82, 2.24) is 19.7 Å². The number of amides is 1. The van der Waals surface area contributed by atoms with Gasteiger partial charge < -0.3 is 9.64 Å². The third-order valence-corrected chi connectivity index (χ3v) is 5.53. The minimum Gasteiger partial charge on any atom is -0.447 e. The van der Waals surface area contributed by atoms with Crippen LogP contribution in [-0.4, -0.2) is 58.0 Å². The van der Waals surface area contributed by atoms with Gasteiger partial charge in [-0.1, -0.05) is 24.3 Å². The Morgan fingerprint density at radius 2 is 1.97 bits per heavy atom. The summed E-state index contributed by atoms with van der Waals surface area (Å²) in [5.41, 5.74) is 4.58. The monoisotopic (exact) mass is 389 g/mol. The second kappa shape index (κ2) is 7.24. The molecular formula is C22H23N5O2. The van der Waals surface area contributed by atoms with E-state index in [0.717, 1.165) is 24.6 Å². The number of rotatable bonds is 4. The summed E-state index contributed by atoms with van der Waals surface area (Å²) in [6, 6.07) is 16.7. The highest BCUT2D eigenvalue weighted by Gasteiger charge is 2.37. The Hall–Kier alpha value is -3.35. The van der Waals surface area contributed by atoms with Crippen molar-refractivity contribution in [3.63, 3.8) is 0 Å². The molecule has 2 aliphatic rings. The molecule has 0 saturated carbocycles. The summed E-state index contributed by atoms with van der Waals surface area (Å²) in [6.07, 6.45) is 2.26. The number of ether oxygens (including phenoxy) is 1. The van der Waals surface area contributed by atoms with Gasteiger partial charge in [0.25, 0.3) is 0 Å². The maximum Gasteiger partial charge on any atom is 0.410 e. The average molecular weight is 389 g/mol. The first-order valence-corrected chi connectivity index (χ1v) is 9.90. The molecular weight excluding hydrogens is 366 g/mol. The van der Waals surface area contributed by atoms with Crippen LogP contribution in [0.5, 0.6) is 0 Å². The highest BCUT2D eigenvalue weighted by Crippen LogP contribution is 2.25. The molecule has 7 heteroatoms. The summed E-state index contributed by atoms with van der Waals surface area (Å²) in [5, 5.41) is 4.63. The number of piperazine rings is 1. The lowest BCUT2D eigenvalue weighted by atomic mass is 10.1. The topological polar surface area (TPSA) is 63.5 Å². The second-order valence-electron chi connectivity index (χ2n) is 7.66. The standard InChI is InChI=1S/C22H23N5O2/c1-16-9-17(12-21-23-15-27(24-21)18-5-3-2-4-6-18)11-19(10-16)25-7-8-26-20(13-25)14-29-22(26)28/h2-6,9-11,15,20H,7-8,12-14H2,1H3. The van der Waals surface area contributed by atoms with Crippen LogP contribution in [0.25, 0.3) is 5.69 Å². The first-order valence-electron chi connectivity index (χ1n) is 9.90. The van der Waals surface area contributed by atoms with Crippen molar-refractivity contribution in [2.45, 2.75) is 19.4 Å². The van der Waals surface area contributed by atoms with Crippen molar-refractivity contribution in [2.24, 2.45) is 0 Å². The van der Waals surface area contributed by atoms with Gasteiger partial charge in [-0.05, 0) is 42.3 Å². The van der Waals surface area contributed by atoms with Gasteiger partial charge in [-0.15, -0.1) is 0 Å².